The lowest BCUT2D eigenvalue weighted by Crippen LogP contribution is -2.40. The standard InChI is InChI=1S/C14H13Br2NOS/c1-14(2,9-3-5-10(15)6-4-9)17-13(18)11-7-8-12(16)19-11/h3-8H,1-2H3,(H,17,18). The Morgan fingerprint density at radius 2 is 1.74 bits per heavy atom. The highest BCUT2D eigenvalue weighted by molar-refractivity contribution is 9.11. The average Bonchev–Trinajstić information content (AvgIpc) is 2.76. The van der Waals surface area contributed by atoms with Crippen molar-refractivity contribution in [2.45, 2.75) is 19.4 Å². The maximum Gasteiger partial charge on any atom is 0.262 e. The highest BCUT2D eigenvalue weighted by atomic mass is 79.9. The minimum Gasteiger partial charge on any atom is -0.342 e. The predicted molar refractivity (Wildman–Crippen MR) is 86.7 cm³/mol. The van der Waals surface area contributed by atoms with Crippen molar-refractivity contribution in [3.8, 4) is 0 Å². The number of carbonyl (C=O) groups is 1. The van der Waals surface area contributed by atoms with Crippen LogP contribution in [0.2, 0.25) is 0 Å². The van der Waals surface area contributed by atoms with Crippen molar-refractivity contribution in [2.75, 3.05) is 0 Å². The molecule has 1 aromatic carbocycles. The quantitative estimate of drug-likeness (QED) is 0.773. The molecular formula is C14H13Br2NOS. The molecule has 5 heteroatoms. The molecule has 0 saturated heterocycles. The van der Waals surface area contributed by atoms with Gasteiger partial charge in [-0.3, -0.25) is 4.79 Å². The minimum absolute atomic E-state index is 0.0522. The lowest BCUT2D eigenvalue weighted by atomic mass is 9.94. The fraction of sp³-hybridized carbons (Fsp3) is 0.214. The molecule has 2 rings (SSSR count). The molecule has 0 radical (unpaired) electrons. The molecule has 0 aliphatic heterocycles. The molecule has 0 fully saturated rings. The van der Waals surface area contributed by atoms with E-state index in [1.165, 1.54) is 11.3 Å². The zero-order valence-corrected chi connectivity index (χ0v) is 14.5. The predicted octanol–water partition coefficient (Wildman–Crippen LogP) is 4.94. The first-order chi connectivity index (χ1) is 8.88. The number of thiophene rings is 1. The van der Waals surface area contributed by atoms with Crippen LogP contribution in [0.3, 0.4) is 0 Å². The normalized spacial score (nSPS) is 11.4. The lowest BCUT2D eigenvalue weighted by molar-refractivity contribution is 0.0916. The van der Waals surface area contributed by atoms with Crippen LogP contribution in [-0.2, 0) is 5.54 Å². The highest BCUT2D eigenvalue weighted by Crippen LogP contribution is 2.25. The molecule has 1 heterocycles. The van der Waals surface area contributed by atoms with E-state index in [4.69, 9.17) is 0 Å². The van der Waals surface area contributed by atoms with Crippen LogP contribution in [-0.4, -0.2) is 5.91 Å². The van der Waals surface area contributed by atoms with Crippen molar-refractivity contribution < 1.29 is 4.79 Å². The Hall–Kier alpha value is -0.650. The van der Waals surface area contributed by atoms with Crippen LogP contribution in [0, 0.1) is 0 Å². The van der Waals surface area contributed by atoms with E-state index in [-0.39, 0.29) is 5.91 Å². The average molecular weight is 403 g/mol. The number of nitrogens with one attached hydrogen (secondary N) is 1. The Morgan fingerprint density at radius 1 is 1.11 bits per heavy atom. The molecule has 0 atom stereocenters. The van der Waals surface area contributed by atoms with Crippen LogP contribution in [0.15, 0.2) is 44.7 Å². The fourth-order valence-electron chi connectivity index (χ4n) is 1.72. The minimum atomic E-state index is -0.408. The van der Waals surface area contributed by atoms with Crippen LogP contribution >= 0.6 is 43.2 Å². The van der Waals surface area contributed by atoms with Gasteiger partial charge in [-0.2, -0.15) is 0 Å². The van der Waals surface area contributed by atoms with Gasteiger partial charge in [-0.1, -0.05) is 28.1 Å². The molecule has 0 saturated carbocycles. The molecule has 1 aromatic heterocycles. The van der Waals surface area contributed by atoms with Crippen LogP contribution < -0.4 is 5.32 Å². The van der Waals surface area contributed by atoms with Gasteiger partial charge in [-0.15, -0.1) is 11.3 Å². The fourth-order valence-corrected chi connectivity index (χ4v) is 3.27. The molecule has 0 bridgehead atoms. The molecule has 0 aliphatic carbocycles. The van der Waals surface area contributed by atoms with Crippen molar-refractivity contribution in [2.24, 2.45) is 0 Å². The van der Waals surface area contributed by atoms with E-state index in [0.29, 0.717) is 4.88 Å². The first-order valence-electron chi connectivity index (χ1n) is 5.72. The summed E-state index contributed by atoms with van der Waals surface area (Å²) >= 11 is 8.21. The summed E-state index contributed by atoms with van der Waals surface area (Å²) in [7, 11) is 0. The molecule has 0 spiro atoms. The number of hydrogen-bond acceptors (Lipinski definition) is 2. The Morgan fingerprint density at radius 3 is 2.26 bits per heavy atom. The molecular weight excluding hydrogens is 390 g/mol. The van der Waals surface area contributed by atoms with Crippen LogP contribution in [0.5, 0.6) is 0 Å². The molecule has 1 amide bonds. The number of benzene rings is 1. The summed E-state index contributed by atoms with van der Waals surface area (Å²) in [6.45, 7) is 3.99. The zero-order chi connectivity index (χ0) is 14.0. The topological polar surface area (TPSA) is 29.1 Å². The van der Waals surface area contributed by atoms with Crippen LogP contribution in [0.1, 0.15) is 29.1 Å². The lowest BCUT2D eigenvalue weighted by Gasteiger charge is -2.26. The maximum atomic E-state index is 12.2. The SMILES string of the molecule is CC(C)(NC(=O)c1ccc(Br)s1)c1ccc(Br)cc1. The third-order valence-electron chi connectivity index (χ3n) is 2.79. The third-order valence-corrected chi connectivity index (χ3v) is 4.94. The monoisotopic (exact) mass is 401 g/mol. The van der Waals surface area contributed by atoms with Gasteiger partial charge in [0.15, 0.2) is 0 Å². The van der Waals surface area contributed by atoms with E-state index in [1.807, 2.05) is 50.2 Å². The number of rotatable bonds is 3. The van der Waals surface area contributed by atoms with Gasteiger partial charge in [0.05, 0.1) is 14.2 Å². The molecule has 2 nitrogen and oxygen atoms in total. The zero-order valence-electron chi connectivity index (χ0n) is 10.5. The van der Waals surface area contributed by atoms with Gasteiger partial charge in [0.1, 0.15) is 0 Å². The Kier molecular flexibility index (Phi) is 4.48. The second-order valence-electron chi connectivity index (χ2n) is 4.69. The van der Waals surface area contributed by atoms with Crippen LogP contribution in [0.4, 0.5) is 0 Å². The second kappa shape index (κ2) is 5.77. The number of halogens is 2. The van der Waals surface area contributed by atoms with Gasteiger partial charge in [0.25, 0.3) is 5.91 Å². The van der Waals surface area contributed by atoms with Gasteiger partial charge in [0.2, 0.25) is 0 Å². The van der Waals surface area contributed by atoms with Gasteiger partial charge in [-0.05, 0) is 59.6 Å². The van der Waals surface area contributed by atoms with E-state index in [9.17, 15) is 4.79 Å². The molecule has 0 aliphatic rings. The van der Waals surface area contributed by atoms with Gasteiger partial charge in [-0.25, -0.2) is 0 Å². The van der Waals surface area contributed by atoms with Crippen molar-refractivity contribution in [1.29, 1.82) is 0 Å². The maximum absolute atomic E-state index is 12.2. The van der Waals surface area contributed by atoms with E-state index in [1.54, 1.807) is 0 Å². The van der Waals surface area contributed by atoms with E-state index in [0.717, 1.165) is 13.8 Å². The van der Waals surface area contributed by atoms with Gasteiger partial charge in [0, 0.05) is 4.47 Å². The molecule has 0 unspecified atom stereocenters. The third kappa shape index (κ3) is 3.68. The summed E-state index contributed by atoms with van der Waals surface area (Å²) in [6.07, 6.45) is 0. The van der Waals surface area contributed by atoms with Gasteiger partial charge < -0.3 is 5.32 Å². The van der Waals surface area contributed by atoms with E-state index in [2.05, 4.69) is 37.2 Å². The Bertz CT molecular complexity index is 590. The summed E-state index contributed by atoms with van der Waals surface area (Å²) in [5.74, 6) is -0.0522. The number of carbonyl (C=O) groups excluding carboxylic acids is 1. The second-order valence-corrected chi connectivity index (χ2v) is 8.07. The van der Waals surface area contributed by atoms with E-state index >= 15 is 0 Å². The highest BCUT2D eigenvalue weighted by Gasteiger charge is 2.24. The summed E-state index contributed by atoms with van der Waals surface area (Å²) in [6, 6.07) is 11.7. The van der Waals surface area contributed by atoms with Crippen LogP contribution in [0.25, 0.3) is 0 Å². The largest absolute Gasteiger partial charge is 0.342 e. The smallest absolute Gasteiger partial charge is 0.262 e. The molecule has 1 N–H and O–H groups in total. The Balaban J connectivity index is 2.17. The Labute approximate surface area is 133 Å². The summed E-state index contributed by atoms with van der Waals surface area (Å²) in [5.41, 5.74) is 0.661. The number of hydrogen-bond donors (Lipinski definition) is 1. The summed E-state index contributed by atoms with van der Waals surface area (Å²) in [5, 5.41) is 3.06. The van der Waals surface area contributed by atoms with E-state index < -0.39 is 5.54 Å². The van der Waals surface area contributed by atoms with Crippen molar-refractivity contribution in [3.05, 3.63) is 55.1 Å². The van der Waals surface area contributed by atoms with Crippen molar-refractivity contribution in [3.63, 3.8) is 0 Å². The summed E-state index contributed by atoms with van der Waals surface area (Å²) in [4.78, 5) is 12.9. The number of amides is 1. The first-order valence-corrected chi connectivity index (χ1v) is 8.12. The molecule has 19 heavy (non-hydrogen) atoms. The van der Waals surface area contributed by atoms with Crippen molar-refractivity contribution in [1.82, 2.24) is 5.32 Å². The molecule has 2 aromatic rings. The van der Waals surface area contributed by atoms with Crippen molar-refractivity contribution >= 4 is 49.1 Å². The van der Waals surface area contributed by atoms with Gasteiger partial charge >= 0.3 is 0 Å². The summed E-state index contributed by atoms with van der Waals surface area (Å²) < 4.78 is 1.99. The first kappa shape index (κ1) is 14.8. The molecule has 100 valence electrons.